The first-order chi connectivity index (χ1) is 6.74. The number of rotatable bonds is 2. The van der Waals surface area contributed by atoms with E-state index in [4.69, 9.17) is 4.74 Å². The highest BCUT2D eigenvalue weighted by molar-refractivity contribution is 4.93. The summed E-state index contributed by atoms with van der Waals surface area (Å²) in [5, 5.41) is 3.23. The summed E-state index contributed by atoms with van der Waals surface area (Å²) in [5.41, 5.74) is 0.277. The predicted octanol–water partition coefficient (Wildman–Crippen LogP) is 2.33. The molecule has 3 atom stereocenters. The van der Waals surface area contributed by atoms with Crippen molar-refractivity contribution in [1.82, 2.24) is 5.32 Å². The number of hydrogen-bond acceptors (Lipinski definition) is 2. The average molecular weight is 197 g/mol. The van der Waals surface area contributed by atoms with E-state index < -0.39 is 0 Å². The van der Waals surface area contributed by atoms with Gasteiger partial charge in [-0.1, -0.05) is 6.92 Å². The van der Waals surface area contributed by atoms with Crippen LogP contribution in [0.25, 0.3) is 0 Å². The van der Waals surface area contributed by atoms with Gasteiger partial charge in [0.2, 0.25) is 0 Å². The van der Waals surface area contributed by atoms with Crippen LogP contribution < -0.4 is 5.32 Å². The minimum atomic E-state index is 0.277. The molecule has 1 saturated carbocycles. The first kappa shape index (κ1) is 10.4. The van der Waals surface area contributed by atoms with Gasteiger partial charge in [0.15, 0.2) is 0 Å². The summed E-state index contributed by atoms with van der Waals surface area (Å²) in [7, 11) is 2.02. The van der Waals surface area contributed by atoms with E-state index >= 15 is 0 Å². The molecule has 0 aromatic rings. The summed E-state index contributed by atoms with van der Waals surface area (Å²) in [6, 6.07) is 0. The average Bonchev–Trinajstić information content (AvgIpc) is 2.48. The van der Waals surface area contributed by atoms with Gasteiger partial charge in [0.05, 0.1) is 11.7 Å². The zero-order valence-electron chi connectivity index (χ0n) is 9.51. The van der Waals surface area contributed by atoms with Crippen LogP contribution in [-0.4, -0.2) is 25.3 Å². The van der Waals surface area contributed by atoms with Crippen molar-refractivity contribution in [2.24, 2.45) is 5.92 Å². The van der Waals surface area contributed by atoms with E-state index in [2.05, 4.69) is 12.2 Å². The van der Waals surface area contributed by atoms with Gasteiger partial charge in [-0.3, -0.25) is 0 Å². The lowest BCUT2D eigenvalue weighted by atomic mass is 9.89. The van der Waals surface area contributed by atoms with Gasteiger partial charge in [-0.15, -0.1) is 0 Å². The Labute approximate surface area is 87.4 Å². The van der Waals surface area contributed by atoms with E-state index in [0.717, 1.165) is 12.5 Å². The van der Waals surface area contributed by atoms with Crippen LogP contribution in [0.1, 0.15) is 45.4 Å². The van der Waals surface area contributed by atoms with Crippen LogP contribution in [0.15, 0.2) is 0 Å². The minimum Gasteiger partial charge on any atom is -0.370 e. The fourth-order valence-electron chi connectivity index (χ4n) is 3.18. The van der Waals surface area contributed by atoms with E-state index in [0.29, 0.717) is 6.10 Å². The van der Waals surface area contributed by atoms with Crippen molar-refractivity contribution >= 4 is 0 Å². The minimum absolute atomic E-state index is 0.277. The van der Waals surface area contributed by atoms with E-state index in [1.54, 1.807) is 0 Å². The largest absolute Gasteiger partial charge is 0.370 e. The molecule has 2 aliphatic rings. The molecule has 2 nitrogen and oxygen atoms in total. The molecule has 82 valence electrons. The molecule has 0 amide bonds. The molecule has 1 spiro atoms. The molecular formula is C12H23NO. The quantitative estimate of drug-likeness (QED) is 0.733. The van der Waals surface area contributed by atoms with Gasteiger partial charge in [-0.2, -0.15) is 0 Å². The Morgan fingerprint density at radius 3 is 2.86 bits per heavy atom. The Bertz CT molecular complexity index is 189. The molecule has 1 aliphatic heterocycles. The van der Waals surface area contributed by atoms with E-state index in [1.165, 1.54) is 38.5 Å². The van der Waals surface area contributed by atoms with Gasteiger partial charge in [-0.05, 0) is 51.5 Å². The van der Waals surface area contributed by atoms with Gasteiger partial charge in [0, 0.05) is 6.54 Å². The second-order valence-corrected chi connectivity index (χ2v) is 5.22. The van der Waals surface area contributed by atoms with Gasteiger partial charge in [0.1, 0.15) is 0 Å². The normalized spacial score (nSPS) is 43.3. The third-order valence-electron chi connectivity index (χ3n) is 3.82. The molecule has 1 N–H and O–H groups in total. The van der Waals surface area contributed by atoms with Crippen LogP contribution >= 0.6 is 0 Å². The monoisotopic (exact) mass is 197 g/mol. The second-order valence-electron chi connectivity index (χ2n) is 5.22. The molecule has 1 aliphatic carbocycles. The van der Waals surface area contributed by atoms with Crippen LogP contribution in [0.4, 0.5) is 0 Å². The zero-order valence-corrected chi connectivity index (χ0v) is 9.51. The number of ether oxygens (including phenoxy) is 1. The molecule has 2 rings (SSSR count). The number of likely N-dealkylation sites (N-methyl/N-ethyl adjacent to an activating group) is 1. The van der Waals surface area contributed by atoms with Crippen molar-refractivity contribution < 1.29 is 4.74 Å². The van der Waals surface area contributed by atoms with Gasteiger partial charge < -0.3 is 10.1 Å². The standard InChI is InChI=1S/C12H23NO/c1-10-5-7-12(8-10)6-3-4-11(14-12)9-13-2/h10-11,13H,3-9H2,1-2H3. The maximum absolute atomic E-state index is 6.28. The molecule has 1 saturated heterocycles. The third kappa shape index (κ3) is 2.12. The van der Waals surface area contributed by atoms with E-state index in [9.17, 15) is 0 Å². The Kier molecular flexibility index (Phi) is 3.13. The van der Waals surface area contributed by atoms with Crippen molar-refractivity contribution in [2.75, 3.05) is 13.6 Å². The molecule has 2 heteroatoms. The summed E-state index contributed by atoms with van der Waals surface area (Å²) in [4.78, 5) is 0. The molecule has 0 radical (unpaired) electrons. The van der Waals surface area contributed by atoms with Gasteiger partial charge in [-0.25, -0.2) is 0 Å². The highest BCUT2D eigenvalue weighted by Crippen LogP contribution is 2.44. The second kappa shape index (κ2) is 4.19. The van der Waals surface area contributed by atoms with Gasteiger partial charge >= 0.3 is 0 Å². The Morgan fingerprint density at radius 2 is 2.21 bits per heavy atom. The molecule has 0 bridgehead atoms. The summed E-state index contributed by atoms with van der Waals surface area (Å²) < 4.78 is 6.28. The lowest BCUT2D eigenvalue weighted by Gasteiger charge is -2.39. The summed E-state index contributed by atoms with van der Waals surface area (Å²) in [6.45, 7) is 3.38. The summed E-state index contributed by atoms with van der Waals surface area (Å²) >= 11 is 0. The zero-order chi connectivity index (χ0) is 10.0. The van der Waals surface area contributed by atoms with Crippen molar-refractivity contribution in [3.63, 3.8) is 0 Å². The maximum atomic E-state index is 6.28. The summed E-state index contributed by atoms with van der Waals surface area (Å²) in [5.74, 6) is 0.878. The third-order valence-corrected chi connectivity index (χ3v) is 3.82. The summed E-state index contributed by atoms with van der Waals surface area (Å²) in [6.07, 6.45) is 8.35. The van der Waals surface area contributed by atoms with Crippen LogP contribution in [0.2, 0.25) is 0 Å². The molecule has 1 heterocycles. The van der Waals surface area contributed by atoms with E-state index in [1.807, 2.05) is 7.05 Å². The first-order valence-electron chi connectivity index (χ1n) is 6.06. The molecule has 2 fully saturated rings. The van der Waals surface area contributed by atoms with Gasteiger partial charge in [0.25, 0.3) is 0 Å². The van der Waals surface area contributed by atoms with E-state index in [-0.39, 0.29) is 5.60 Å². The Balaban J connectivity index is 1.93. The lowest BCUT2D eigenvalue weighted by molar-refractivity contribution is -0.123. The number of hydrogen-bond donors (Lipinski definition) is 1. The Morgan fingerprint density at radius 1 is 1.36 bits per heavy atom. The molecule has 3 unspecified atom stereocenters. The van der Waals surface area contributed by atoms with Crippen molar-refractivity contribution in [3.8, 4) is 0 Å². The predicted molar refractivity (Wildman–Crippen MR) is 58.4 cm³/mol. The Hall–Kier alpha value is -0.0800. The van der Waals surface area contributed by atoms with Crippen LogP contribution in [0.3, 0.4) is 0 Å². The van der Waals surface area contributed by atoms with Crippen molar-refractivity contribution in [1.29, 1.82) is 0 Å². The lowest BCUT2D eigenvalue weighted by Crippen LogP contribution is -2.42. The van der Waals surface area contributed by atoms with Crippen LogP contribution in [-0.2, 0) is 4.74 Å². The fraction of sp³-hybridized carbons (Fsp3) is 1.00. The van der Waals surface area contributed by atoms with Crippen LogP contribution in [0.5, 0.6) is 0 Å². The molecule has 0 aromatic carbocycles. The molecular weight excluding hydrogens is 174 g/mol. The maximum Gasteiger partial charge on any atom is 0.0706 e. The van der Waals surface area contributed by atoms with Crippen LogP contribution in [0, 0.1) is 5.92 Å². The fourth-order valence-corrected chi connectivity index (χ4v) is 3.18. The highest BCUT2D eigenvalue weighted by atomic mass is 16.5. The molecule has 14 heavy (non-hydrogen) atoms. The van der Waals surface area contributed by atoms with Crippen molar-refractivity contribution in [2.45, 2.75) is 57.2 Å². The topological polar surface area (TPSA) is 21.3 Å². The number of nitrogens with one attached hydrogen (secondary N) is 1. The smallest absolute Gasteiger partial charge is 0.0706 e. The SMILES string of the molecule is CNCC1CCCC2(CCC(C)C2)O1. The highest BCUT2D eigenvalue weighted by Gasteiger charge is 2.41. The molecule has 0 aromatic heterocycles. The van der Waals surface area contributed by atoms with Crippen molar-refractivity contribution in [3.05, 3.63) is 0 Å². The first-order valence-corrected chi connectivity index (χ1v) is 6.06.